The summed E-state index contributed by atoms with van der Waals surface area (Å²) < 4.78 is 46.6. The smallest absolute Gasteiger partial charge is 0.416 e. The predicted molar refractivity (Wildman–Crippen MR) is 136 cm³/mol. The minimum absolute atomic E-state index is 0.0250. The van der Waals surface area contributed by atoms with Gasteiger partial charge in [0, 0.05) is 47.4 Å². The molecule has 1 saturated heterocycles. The molecule has 3 N–H and O–H groups in total. The normalized spacial score (nSPS) is 17.2. The molecule has 0 aliphatic carbocycles. The van der Waals surface area contributed by atoms with Crippen LogP contribution in [0.4, 0.5) is 30.4 Å². The zero-order chi connectivity index (χ0) is 26.9. The van der Waals surface area contributed by atoms with Crippen molar-refractivity contribution < 1.29 is 27.5 Å². The van der Waals surface area contributed by atoms with Crippen molar-refractivity contribution in [3.05, 3.63) is 77.0 Å². The van der Waals surface area contributed by atoms with Gasteiger partial charge in [0.15, 0.2) is 0 Å². The Kier molecular flexibility index (Phi) is 6.94. The summed E-state index contributed by atoms with van der Waals surface area (Å²) in [6.07, 6.45) is -1.22. The zero-order valence-corrected chi connectivity index (χ0v) is 20.6. The average molecular weight is 526 g/mol. The van der Waals surface area contributed by atoms with Crippen LogP contribution in [0.2, 0.25) is 0 Å². The molecule has 198 valence electrons. The summed E-state index contributed by atoms with van der Waals surface area (Å²) in [5.41, 5.74) is 1.01. The SMILES string of the molecule is CN1CCC[C@H]1COc1cc(NC(=O)c2cccnc2Nc2cccc3c2CNC3=O)cc(C(F)(F)F)c1. The molecule has 2 amide bonds. The Morgan fingerprint density at radius 2 is 2.05 bits per heavy atom. The van der Waals surface area contributed by atoms with Gasteiger partial charge in [0.05, 0.1) is 11.1 Å². The number of rotatable bonds is 7. The Bertz CT molecular complexity index is 1380. The maximum Gasteiger partial charge on any atom is 0.416 e. The second-order valence-electron chi connectivity index (χ2n) is 9.32. The fraction of sp³-hybridized carbons (Fsp3) is 0.296. The van der Waals surface area contributed by atoms with Gasteiger partial charge in [0.25, 0.3) is 11.8 Å². The van der Waals surface area contributed by atoms with E-state index in [-0.39, 0.29) is 41.4 Å². The summed E-state index contributed by atoms with van der Waals surface area (Å²) in [4.78, 5) is 31.6. The van der Waals surface area contributed by atoms with E-state index in [0.717, 1.165) is 37.1 Å². The van der Waals surface area contributed by atoms with Gasteiger partial charge < -0.3 is 25.6 Å². The number of carbonyl (C=O) groups is 2. The molecule has 1 fully saturated rings. The number of hydrogen-bond acceptors (Lipinski definition) is 6. The monoisotopic (exact) mass is 525 g/mol. The van der Waals surface area contributed by atoms with Crippen molar-refractivity contribution in [3.8, 4) is 5.75 Å². The number of alkyl halides is 3. The summed E-state index contributed by atoms with van der Waals surface area (Å²) in [6.45, 7) is 1.49. The molecule has 1 atom stereocenters. The first-order valence-electron chi connectivity index (χ1n) is 12.2. The van der Waals surface area contributed by atoms with Crippen molar-refractivity contribution in [2.75, 3.05) is 30.8 Å². The molecule has 0 saturated carbocycles. The van der Waals surface area contributed by atoms with Crippen LogP contribution in [-0.2, 0) is 12.7 Å². The minimum atomic E-state index is -4.62. The van der Waals surface area contributed by atoms with Crippen LogP contribution in [0.15, 0.2) is 54.7 Å². The highest BCUT2D eigenvalue weighted by atomic mass is 19.4. The third kappa shape index (κ3) is 5.42. The largest absolute Gasteiger partial charge is 0.492 e. The van der Waals surface area contributed by atoms with Crippen molar-refractivity contribution in [1.29, 1.82) is 0 Å². The second-order valence-corrected chi connectivity index (χ2v) is 9.32. The molecule has 3 aromatic rings. The standard InChI is InChI=1S/C27H26F3N5O3/c1-35-10-4-5-18(35)15-38-19-12-16(27(28,29)30)11-17(13-19)33-26(37)21-7-3-9-31-24(21)34-23-8-2-6-20-22(23)14-32-25(20)36/h2-3,6-9,11-13,18H,4-5,10,14-15H2,1H3,(H,31,34)(H,32,36)(H,33,37)/t18-/m0/s1. The molecule has 8 nitrogen and oxygen atoms in total. The first-order valence-corrected chi connectivity index (χ1v) is 12.2. The molecule has 0 bridgehead atoms. The van der Waals surface area contributed by atoms with E-state index < -0.39 is 17.6 Å². The fourth-order valence-electron chi connectivity index (χ4n) is 4.69. The Hall–Kier alpha value is -4.12. The van der Waals surface area contributed by atoms with Crippen LogP contribution in [0.5, 0.6) is 5.75 Å². The maximum atomic E-state index is 13.6. The number of fused-ring (bicyclic) bond motifs is 1. The van der Waals surface area contributed by atoms with Crippen molar-refractivity contribution in [2.24, 2.45) is 0 Å². The Labute approximate surface area is 217 Å². The van der Waals surface area contributed by atoms with Crippen molar-refractivity contribution in [3.63, 3.8) is 0 Å². The van der Waals surface area contributed by atoms with E-state index in [1.807, 2.05) is 7.05 Å². The molecule has 5 rings (SSSR count). The fourth-order valence-corrected chi connectivity index (χ4v) is 4.69. The lowest BCUT2D eigenvalue weighted by Crippen LogP contribution is -2.30. The maximum absolute atomic E-state index is 13.6. The first-order chi connectivity index (χ1) is 18.2. The minimum Gasteiger partial charge on any atom is -0.492 e. The van der Waals surface area contributed by atoms with Gasteiger partial charge in [0.2, 0.25) is 0 Å². The summed E-state index contributed by atoms with van der Waals surface area (Å²) >= 11 is 0. The third-order valence-corrected chi connectivity index (χ3v) is 6.76. The van der Waals surface area contributed by atoms with E-state index in [1.54, 1.807) is 24.3 Å². The number of likely N-dealkylation sites (N-methyl/N-ethyl adjacent to an activating group) is 1. The van der Waals surface area contributed by atoms with Gasteiger partial charge in [-0.05, 0) is 62.8 Å². The molecule has 0 spiro atoms. The van der Waals surface area contributed by atoms with E-state index >= 15 is 0 Å². The van der Waals surface area contributed by atoms with Crippen LogP contribution >= 0.6 is 0 Å². The summed E-state index contributed by atoms with van der Waals surface area (Å²) in [6, 6.07) is 11.5. The predicted octanol–water partition coefficient (Wildman–Crippen LogP) is 4.81. The number of nitrogens with one attached hydrogen (secondary N) is 3. The molecule has 1 aromatic heterocycles. The van der Waals surface area contributed by atoms with E-state index in [2.05, 4.69) is 25.8 Å². The Morgan fingerprint density at radius 1 is 1.21 bits per heavy atom. The van der Waals surface area contributed by atoms with Crippen LogP contribution in [0.25, 0.3) is 0 Å². The number of benzene rings is 2. The Morgan fingerprint density at radius 3 is 2.82 bits per heavy atom. The van der Waals surface area contributed by atoms with Crippen LogP contribution < -0.4 is 20.7 Å². The highest BCUT2D eigenvalue weighted by Crippen LogP contribution is 2.35. The molecule has 2 aliphatic rings. The van der Waals surface area contributed by atoms with E-state index in [9.17, 15) is 22.8 Å². The Balaban J connectivity index is 1.38. The zero-order valence-electron chi connectivity index (χ0n) is 20.6. The average Bonchev–Trinajstić information content (AvgIpc) is 3.48. The van der Waals surface area contributed by atoms with Crippen LogP contribution in [-0.4, -0.2) is 47.9 Å². The summed E-state index contributed by atoms with van der Waals surface area (Å²) in [7, 11) is 1.95. The van der Waals surface area contributed by atoms with Gasteiger partial charge in [0.1, 0.15) is 18.2 Å². The van der Waals surface area contributed by atoms with Crippen molar-refractivity contribution >= 4 is 29.0 Å². The van der Waals surface area contributed by atoms with Crippen LogP contribution in [0.3, 0.4) is 0 Å². The van der Waals surface area contributed by atoms with Gasteiger partial charge in [-0.3, -0.25) is 9.59 Å². The molecule has 0 unspecified atom stereocenters. The number of carbonyl (C=O) groups excluding carboxylic acids is 2. The van der Waals surface area contributed by atoms with E-state index in [1.165, 1.54) is 18.3 Å². The van der Waals surface area contributed by atoms with Crippen LogP contribution in [0.1, 0.15) is 44.7 Å². The highest BCUT2D eigenvalue weighted by Gasteiger charge is 2.32. The lowest BCUT2D eigenvalue weighted by Gasteiger charge is -2.20. The molecule has 2 aromatic carbocycles. The number of pyridine rings is 1. The number of hydrogen-bond donors (Lipinski definition) is 3. The number of ether oxygens (including phenoxy) is 1. The number of likely N-dealkylation sites (tertiary alicyclic amines) is 1. The molecular weight excluding hydrogens is 499 g/mol. The molecular formula is C27H26F3N5O3. The number of amides is 2. The molecule has 0 radical (unpaired) electrons. The first kappa shape index (κ1) is 25.5. The number of anilines is 3. The summed E-state index contributed by atoms with van der Waals surface area (Å²) in [5.74, 6) is -0.615. The summed E-state index contributed by atoms with van der Waals surface area (Å²) in [5, 5.41) is 8.40. The quantitative estimate of drug-likeness (QED) is 0.410. The van der Waals surface area contributed by atoms with Gasteiger partial charge >= 0.3 is 6.18 Å². The van der Waals surface area contributed by atoms with Gasteiger partial charge in [-0.2, -0.15) is 13.2 Å². The number of aromatic nitrogens is 1. The third-order valence-electron chi connectivity index (χ3n) is 6.76. The lowest BCUT2D eigenvalue weighted by molar-refractivity contribution is -0.137. The van der Waals surface area contributed by atoms with E-state index in [0.29, 0.717) is 17.8 Å². The lowest BCUT2D eigenvalue weighted by atomic mass is 10.1. The van der Waals surface area contributed by atoms with Crippen molar-refractivity contribution in [2.45, 2.75) is 31.6 Å². The van der Waals surface area contributed by atoms with Crippen molar-refractivity contribution in [1.82, 2.24) is 15.2 Å². The second kappa shape index (κ2) is 10.3. The topological polar surface area (TPSA) is 95.6 Å². The molecule has 3 heterocycles. The van der Waals surface area contributed by atoms with Gasteiger partial charge in [-0.1, -0.05) is 6.07 Å². The molecule has 38 heavy (non-hydrogen) atoms. The highest BCUT2D eigenvalue weighted by molar-refractivity contribution is 6.08. The van der Waals surface area contributed by atoms with Gasteiger partial charge in [-0.25, -0.2) is 4.98 Å². The molecule has 2 aliphatic heterocycles. The number of halogens is 3. The van der Waals surface area contributed by atoms with Crippen LogP contribution in [0, 0.1) is 0 Å². The van der Waals surface area contributed by atoms with Gasteiger partial charge in [-0.15, -0.1) is 0 Å². The van der Waals surface area contributed by atoms with E-state index in [4.69, 9.17) is 4.74 Å². The molecule has 11 heteroatoms. The number of nitrogens with zero attached hydrogens (tertiary/aromatic N) is 2.